The standard InChI is InChI=1S/C34H39ClFN7O2S/c1-22(36)32(44)43(46)18-12-24(11-16-37)19-38-31-26-13-17-42(29-10-6-8-25-7-5-9-27(35)30(25)29)20-28(26)39-33(40-31)45-21-34(14-15-34)23(2)41(3)4/h5-10,19,23,46H,1,11-15,17-18,20-21H2,2-4H3,(H,38,39,40)/b24-19-/t23-/m0/s1. The number of ether oxygens (including phenoxy) is 1. The van der Waals surface area contributed by atoms with Crippen molar-refractivity contribution in [1.82, 2.24) is 19.2 Å². The number of hydrogen-bond donors (Lipinski definition) is 2. The molecule has 1 amide bonds. The highest BCUT2D eigenvalue weighted by atomic mass is 35.5. The first-order valence-corrected chi connectivity index (χ1v) is 16.1. The molecule has 1 N–H and O–H groups in total. The SMILES string of the molecule is C=C(F)C(=O)N(S)CC/C(=C\Nc1nc(OCC2([C@H](C)N(C)C)CC2)nc2c1CCN(c1cccc3cccc(Cl)c13)C2)CC#N. The zero-order chi connectivity index (χ0) is 33.0. The van der Waals surface area contributed by atoms with Gasteiger partial charge in [-0.15, -0.1) is 0 Å². The zero-order valence-electron chi connectivity index (χ0n) is 26.4. The summed E-state index contributed by atoms with van der Waals surface area (Å²) in [5.74, 6) is -1.40. The molecule has 2 heterocycles. The maximum atomic E-state index is 13.3. The van der Waals surface area contributed by atoms with Crippen LogP contribution in [0.4, 0.5) is 15.9 Å². The lowest BCUT2D eigenvalue weighted by Gasteiger charge is -2.32. The Morgan fingerprint density at radius 3 is 2.72 bits per heavy atom. The molecule has 9 nitrogen and oxygen atoms in total. The van der Waals surface area contributed by atoms with Crippen LogP contribution in [0.2, 0.25) is 5.02 Å². The van der Waals surface area contributed by atoms with Gasteiger partial charge in [0, 0.05) is 47.4 Å². The highest BCUT2D eigenvalue weighted by molar-refractivity contribution is 7.78. The highest BCUT2D eigenvalue weighted by Gasteiger charge is 2.49. The average Bonchev–Trinajstić information content (AvgIpc) is 3.84. The zero-order valence-corrected chi connectivity index (χ0v) is 28.0. The van der Waals surface area contributed by atoms with Gasteiger partial charge in [-0.3, -0.25) is 9.10 Å². The summed E-state index contributed by atoms with van der Waals surface area (Å²) in [6.45, 7) is 7.12. The van der Waals surface area contributed by atoms with Crippen LogP contribution < -0.4 is 15.0 Å². The normalized spacial score (nSPS) is 16.0. The van der Waals surface area contributed by atoms with E-state index in [1.54, 1.807) is 6.20 Å². The molecule has 242 valence electrons. The van der Waals surface area contributed by atoms with Crippen LogP contribution >= 0.6 is 24.4 Å². The minimum Gasteiger partial charge on any atom is -0.463 e. The van der Waals surface area contributed by atoms with Gasteiger partial charge in [-0.05, 0) is 69.8 Å². The van der Waals surface area contributed by atoms with Crippen molar-refractivity contribution < 1.29 is 13.9 Å². The molecule has 0 bridgehead atoms. The summed E-state index contributed by atoms with van der Waals surface area (Å²) >= 11 is 10.7. The third-order valence-electron chi connectivity index (χ3n) is 9.09. The molecule has 0 unspecified atom stereocenters. The van der Waals surface area contributed by atoms with Gasteiger partial charge in [0.25, 0.3) is 5.91 Å². The number of rotatable bonds is 13. The number of anilines is 2. The Balaban J connectivity index is 1.44. The Bertz CT molecular complexity index is 1700. The van der Waals surface area contributed by atoms with Crippen molar-refractivity contribution in [3.63, 3.8) is 0 Å². The van der Waals surface area contributed by atoms with Crippen LogP contribution in [0.15, 0.2) is 60.6 Å². The molecule has 1 atom stereocenters. The Labute approximate surface area is 280 Å². The van der Waals surface area contributed by atoms with Gasteiger partial charge < -0.3 is 19.9 Å². The molecule has 0 spiro atoms. The topological polar surface area (TPSA) is 97.6 Å². The molecule has 1 aliphatic heterocycles. The van der Waals surface area contributed by atoms with E-state index in [0.29, 0.717) is 54.5 Å². The quantitative estimate of drug-likeness (QED) is 0.154. The highest BCUT2D eigenvalue weighted by Crippen LogP contribution is 2.50. The number of carbonyl (C=O) groups is 1. The van der Waals surface area contributed by atoms with E-state index < -0.39 is 11.7 Å². The molecule has 2 aliphatic rings. The van der Waals surface area contributed by atoms with Crippen molar-refractivity contribution in [1.29, 1.82) is 5.26 Å². The van der Waals surface area contributed by atoms with Gasteiger partial charge in [-0.2, -0.15) is 15.2 Å². The Hall–Kier alpha value is -3.85. The van der Waals surface area contributed by atoms with Crippen molar-refractivity contribution in [2.45, 2.75) is 51.6 Å². The van der Waals surface area contributed by atoms with Gasteiger partial charge in [0.1, 0.15) is 5.82 Å². The summed E-state index contributed by atoms with van der Waals surface area (Å²) < 4.78 is 20.6. The van der Waals surface area contributed by atoms with Crippen LogP contribution in [-0.4, -0.2) is 64.9 Å². The number of fused-ring (bicyclic) bond motifs is 2. The molecule has 2 aromatic carbocycles. The summed E-state index contributed by atoms with van der Waals surface area (Å²) in [6, 6.07) is 14.9. The van der Waals surface area contributed by atoms with E-state index in [2.05, 4.69) is 79.8 Å². The summed E-state index contributed by atoms with van der Waals surface area (Å²) in [5, 5.41) is 15.5. The first-order valence-electron chi connectivity index (χ1n) is 15.3. The number of hydrogen-bond acceptors (Lipinski definition) is 9. The molecule has 1 saturated carbocycles. The second-order valence-electron chi connectivity index (χ2n) is 12.2. The number of nitriles is 1. The fraction of sp³-hybridized carbons (Fsp3) is 0.412. The summed E-state index contributed by atoms with van der Waals surface area (Å²) in [5.41, 5.74) is 3.61. The van der Waals surface area contributed by atoms with Gasteiger partial charge in [-0.25, -0.2) is 4.39 Å². The third-order valence-corrected chi connectivity index (χ3v) is 9.79. The van der Waals surface area contributed by atoms with E-state index in [1.807, 2.05) is 18.2 Å². The monoisotopic (exact) mass is 663 g/mol. The van der Waals surface area contributed by atoms with Crippen molar-refractivity contribution in [2.24, 2.45) is 5.41 Å². The predicted molar refractivity (Wildman–Crippen MR) is 184 cm³/mol. The van der Waals surface area contributed by atoms with Gasteiger partial charge in [0.15, 0.2) is 5.83 Å². The van der Waals surface area contributed by atoms with Crippen molar-refractivity contribution in [2.75, 3.05) is 44.0 Å². The van der Waals surface area contributed by atoms with Gasteiger partial charge >= 0.3 is 6.01 Å². The molecule has 1 aliphatic carbocycles. The third kappa shape index (κ3) is 7.41. The van der Waals surface area contributed by atoms with E-state index in [1.165, 1.54) is 0 Å². The molecule has 1 fully saturated rings. The summed E-state index contributed by atoms with van der Waals surface area (Å²) in [7, 11) is 4.16. The second-order valence-corrected chi connectivity index (χ2v) is 13.1. The van der Waals surface area contributed by atoms with Crippen molar-refractivity contribution in [3.05, 3.63) is 76.9 Å². The second kappa shape index (κ2) is 14.3. The summed E-state index contributed by atoms with van der Waals surface area (Å²) in [4.78, 5) is 26.1. The van der Waals surface area contributed by atoms with Gasteiger partial charge in [0.05, 0.1) is 36.4 Å². The number of nitrogens with zero attached hydrogens (tertiary/aromatic N) is 6. The van der Waals surface area contributed by atoms with Gasteiger partial charge in [-0.1, -0.05) is 55.3 Å². The number of halogens is 2. The fourth-order valence-corrected chi connectivity index (χ4v) is 6.40. The van der Waals surface area contributed by atoms with Crippen LogP contribution in [-0.2, 0) is 17.8 Å². The minimum absolute atomic E-state index is 0.0586. The Morgan fingerprint density at radius 1 is 1.30 bits per heavy atom. The van der Waals surface area contributed by atoms with E-state index in [-0.39, 0.29) is 18.4 Å². The summed E-state index contributed by atoms with van der Waals surface area (Å²) in [6.07, 6.45) is 4.97. The minimum atomic E-state index is -1.09. The molecule has 0 saturated heterocycles. The number of carbonyl (C=O) groups excluding carboxylic acids is 1. The largest absolute Gasteiger partial charge is 0.463 e. The van der Waals surface area contributed by atoms with E-state index >= 15 is 0 Å². The molecule has 5 rings (SSSR count). The lowest BCUT2D eigenvalue weighted by atomic mass is 9.98. The van der Waals surface area contributed by atoms with Crippen LogP contribution in [0.3, 0.4) is 0 Å². The van der Waals surface area contributed by atoms with E-state index in [9.17, 15) is 14.4 Å². The van der Waals surface area contributed by atoms with Crippen LogP contribution in [0, 0.1) is 16.7 Å². The van der Waals surface area contributed by atoms with E-state index in [4.69, 9.17) is 26.3 Å². The Kier molecular flexibility index (Phi) is 10.4. The van der Waals surface area contributed by atoms with Crippen LogP contribution in [0.5, 0.6) is 6.01 Å². The first kappa shape index (κ1) is 33.5. The molecule has 46 heavy (non-hydrogen) atoms. The number of amides is 1. The smallest absolute Gasteiger partial charge is 0.318 e. The number of benzene rings is 2. The van der Waals surface area contributed by atoms with Gasteiger partial charge in [0.2, 0.25) is 0 Å². The first-order chi connectivity index (χ1) is 22.0. The predicted octanol–water partition coefficient (Wildman–Crippen LogP) is 6.71. The molecular weight excluding hydrogens is 625 g/mol. The molecule has 3 aromatic rings. The number of aromatic nitrogens is 2. The molecule has 0 radical (unpaired) electrons. The van der Waals surface area contributed by atoms with Crippen LogP contribution in [0.1, 0.15) is 43.9 Å². The van der Waals surface area contributed by atoms with Crippen molar-refractivity contribution in [3.8, 4) is 12.1 Å². The Morgan fingerprint density at radius 2 is 2.04 bits per heavy atom. The van der Waals surface area contributed by atoms with Crippen molar-refractivity contribution >= 4 is 52.6 Å². The fourth-order valence-electron chi connectivity index (χ4n) is 5.91. The lowest BCUT2D eigenvalue weighted by Crippen LogP contribution is -2.37. The molecular formula is C34H39ClFN7O2S. The van der Waals surface area contributed by atoms with E-state index in [0.717, 1.165) is 51.4 Å². The lowest BCUT2D eigenvalue weighted by molar-refractivity contribution is -0.123. The molecule has 12 heteroatoms. The molecule has 1 aromatic heterocycles. The average molecular weight is 664 g/mol. The number of nitrogens with one attached hydrogen (secondary N) is 1. The number of thiol groups is 1. The maximum Gasteiger partial charge on any atom is 0.318 e. The maximum absolute atomic E-state index is 13.3. The van der Waals surface area contributed by atoms with Crippen LogP contribution in [0.25, 0.3) is 10.8 Å².